The van der Waals surface area contributed by atoms with Crippen LogP contribution in [-0.4, -0.2) is 5.78 Å². The summed E-state index contributed by atoms with van der Waals surface area (Å²) in [5, 5.41) is 0. The van der Waals surface area contributed by atoms with Gasteiger partial charge in [0.1, 0.15) is 5.78 Å². The first kappa shape index (κ1) is 12.1. The summed E-state index contributed by atoms with van der Waals surface area (Å²) in [5.41, 5.74) is 0. The standard InChI is InChI=1S/C15H26O/c1-10-7-11(2)9-13(8-10)15(16)14-6-4-5-12(14)3/h10-14H,4-9H2,1-3H3. The van der Waals surface area contributed by atoms with Gasteiger partial charge in [0.25, 0.3) is 0 Å². The first-order valence-electron chi connectivity index (χ1n) is 7.11. The maximum absolute atomic E-state index is 12.5. The predicted molar refractivity (Wildman–Crippen MR) is 67.2 cm³/mol. The maximum Gasteiger partial charge on any atom is 0.139 e. The van der Waals surface area contributed by atoms with Crippen LogP contribution in [0.1, 0.15) is 59.3 Å². The molecule has 1 heteroatoms. The molecule has 0 aliphatic heterocycles. The quantitative estimate of drug-likeness (QED) is 0.688. The highest BCUT2D eigenvalue weighted by atomic mass is 16.1. The highest BCUT2D eigenvalue weighted by molar-refractivity contribution is 5.84. The van der Waals surface area contributed by atoms with Crippen molar-refractivity contribution in [2.24, 2.45) is 29.6 Å². The lowest BCUT2D eigenvalue weighted by Crippen LogP contribution is -2.31. The van der Waals surface area contributed by atoms with Crippen LogP contribution in [0.4, 0.5) is 0 Å². The van der Waals surface area contributed by atoms with Crippen LogP contribution in [0.25, 0.3) is 0 Å². The zero-order valence-corrected chi connectivity index (χ0v) is 11.0. The van der Waals surface area contributed by atoms with Gasteiger partial charge >= 0.3 is 0 Å². The van der Waals surface area contributed by atoms with Crippen LogP contribution in [0.15, 0.2) is 0 Å². The molecule has 0 radical (unpaired) electrons. The Morgan fingerprint density at radius 1 is 0.938 bits per heavy atom. The van der Waals surface area contributed by atoms with Gasteiger partial charge in [-0.25, -0.2) is 0 Å². The van der Waals surface area contributed by atoms with E-state index in [0.29, 0.717) is 23.5 Å². The lowest BCUT2D eigenvalue weighted by molar-refractivity contribution is -0.129. The van der Waals surface area contributed by atoms with Crippen LogP contribution < -0.4 is 0 Å². The average molecular weight is 222 g/mol. The Morgan fingerprint density at radius 2 is 1.56 bits per heavy atom. The van der Waals surface area contributed by atoms with Crippen molar-refractivity contribution in [2.75, 3.05) is 0 Å². The molecule has 0 bridgehead atoms. The maximum atomic E-state index is 12.5. The van der Waals surface area contributed by atoms with Gasteiger partial charge in [-0.05, 0) is 49.9 Å². The van der Waals surface area contributed by atoms with Crippen molar-refractivity contribution < 1.29 is 4.79 Å². The number of hydrogen-bond acceptors (Lipinski definition) is 1. The summed E-state index contributed by atoms with van der Waals surface area (Å²) >= 11 is 0. The number of Topliss-reactive ketones (excluding diaryl/α,β-unsaturated/α-hetero) is 1. The molecule has 4 atom stereocenters. The number of rotatable bonds is 2. The molecule has 0 aromatic rings. The zero-order chi connectivity index (χ0) is 11.7. The van der Waals surface area contributed by atoms with Gasteiger partial charge in [-0.15, -0.1) is 0 Å². The molecule has 0 saturated heterocycles. The molecule has 0 N–H and O–H groups in total. The SMILES string of the molecule is CC1CC(C)CC(C(=O)C2CCCC2C)C1. The molecule has 16 heavy (non-hydrogen) atoms. The monoisotopic (exact) mass is 222 g/mol. The van der Waals surface area contributed by atoms with E-state index >= 15 is 0 Å². The fourth-order valence-corrected chi connectivity index (χ4v) is 4.05. The van der Waals surface area contributed by atoms with Crippen LogP contribution >= 0.6 is 0 Å². The van der Waals surface area contributed by atoms with Gasteiger partial charge < -0.3 is 0 Å². The van der Waals surface area contributed by atoms with Gasteiger partial charge in [0.15, 0.2) is 0 Å². The third-order valence-corrected chi connectivity index (χ3v) is 4.81. The smallest absolute Gasteiger partial charge is 0.139 e. The Labute approximate surface area is 100.0 Å². The molecule has 4 unspecified atom stereocenters. The lowest BCUT2D eigenvalue weighted by Gasteiger charge is -2.32. The van der Waals surface area contributed by atoms with Crippen molar-refractivity contribution in [3.63, 3.8) is 0 Å². The highest BCUT2D eigenvalue weighted by Gasteiger charge is 2.36. The van der Waals surface area contributed by atoms with Crippen molar-refractivity contribution >= 4 is 5.78 Å². The minimum Gasteiger partial charge on any atom is -0.299 e. The number of ketones is 1. The fraction of sp³-hybridized carbons (Fsp3) is 0.933. The summed E-state index contributed by atoms with van der Waals surface area (Å²) in [6.07, 6.45) is 7.35. The first-order chi connectivity index (χ1) is 7.58. The molecule has 0 aromatic heterocycles. The van der Waals surface area contributed by atoms with E-state index in [2.05, 4.69) is 20.8 Å². The first-order valence-corrected chi connectivity index (χ1v) is 7.11. The largest absolute Gasteiger partial charge is 0.299 e. The third-order valence-electron chi connectivity index (χ3n) is 4.81. The van der Waals surface area contributed by atoms with Gasteiger partial charge in [-0.3, -0.25) is 4.79 Å². The van der Waals surface area contributed by atoms with Gasteiger partial charge in [0, 0.05) is 11.8 Å². The number of carbonyl (C=O) groups is 1. The van der Waals surface area contributed by atoms with Gasteiger partial charge in [-0.2, -0.15) is 0 Å². The van der Waals surface area contributed by atoms with Gasteiger partial charge in [0.05, 0.1) is 0 Å². The van der Waals surface area contributed by atoms with Crippen molar-refractivity contribution in [1.29, 1.82) is 0 Å². The molecule has 2 saturated carbocycles. The Hall–Kier alpha value is -0.330. The topological polar surface area (TPSA) is 17.1 Å². The molecular weight excluding hydrogens is 196 g/mol. The van der Waals surface area contributed by atoms with Crippen LogP contribution in [0.5, 0.6) is 0 Å². The van der Waals surface area contributed by atoms with E-state index in [9.17, 15) is 4.79 Å². The molecule has 92 valence electrons. The van der Waals surface area contributed by atoms with Crippen molar-refractivity contribution in [1.82, 2.24) is 0 Å². The number of hydrogen-bond donors (Lipinski definition) is 0. The fourth-order valence-electron chi connectivity index (χ4n) is 4.05. The summed E-state index contributed by atoms with van der Waals surface area (Å²) in [5.74, 6) is 3.58. The molecule has 0 aromatic carbocycles. The molecule has 0 spiro atoms. The summed E-state index contributed by atoms with van der Waals surface area (Å²) in [6.45, 7) is 6.90. The van der Waals surface area contributed by atoms with E-state index < -0.39 is 0 Å². The van der Waals surface area contributed by atoms with E-state index in [0.717, 1.165) is 24.7 Å². The van der Waals surface area contributed by atoms with E-state index in [1.165, 1.54) is 25.7 Å². The Morgan fingerprint density at radius 3 is 2.06 bits per heavy atom. The third kappa shape index (κ3) is 2.49. The molecule has 2 aliphatic rings. The van der Waals surface area contributed by atoms with Crippen molar-refractivity contribution in [2.45, 2.75) is 59.3 Å². The van der Waals surface area contributed by atoms with Crippen LogP contribution in [0.3, 0.4) is 0 Å². The van der Waals surface area contributed by atoms with Crippen molar-refractivity contribution in [3.8, 4) is 0 Å². The van der Waals surface area contributed by atoms with Crippen LogP contribution in [-0.2, 0) is 4.79 Å². The summed E-state index contributed by atoms with van der Waals surface area (Å²) in [7, 11) is 0. The molecule has 2 aliphatic carbocycles. The van der Waals surface area contributed by atoms with E-state index in [1.807, 2.05) is 0 Å². The highest BCUT2D eigenvalue weighted by Crippen LogP contribution is 2.39. The summed E-state index contributed by atoms with van der Waals surface area (Å²) in [6, 6.07) is 0. The minimum atomic E-state index is 0.393. The molecule has 1 nitrogen and oxygen atoms in total. The normalized spacial score (nSPS) is 44.6. The average Bonchev–Trinajstić information content (AvgIpc) is 2.62. The zero-order valence-electron chi connectivity index (χ0n) is 11.0. The minimum absolute atomic E-state index is 0.393. The molecule has 0 heterocycles. The van der Waals surface area contributed by atoms with Gasteiger partial charge in [0.2, 0.25) is 0 Å². The Balaban J connectivity index is 1.98. The molecule has 2 rings (SSSR count). The summed E-state index contributed by atoms with van der Waals surface area (Å²) < 4.78 is 0. The second-order valence-electron chi connectivity index (χ2n) is 6.53. The summed E-state index contributed by atoms with van der Waals surface area (Å²) in [4.78, 5) is 12.5. The molecule has 0 amide bonds. The lowest BCUT2D eigenvalue weighted by atomic mass is 9.72. The Kier molecular flexibility index (Phi) is 3.71. The second-order valence-corrected chi connectivity index (χ2v) is 6.53. The van der Waals surface area contributed by atoms with Crippen molar-refractivity contribution in [3.05, 3.63) is 0 Å². The van der Waals surface area contributed by atoms with Gasteiger partial charge in [-0.1, -0.05) is 27.2 Å². The predicted octanol–water partition coefficient (Wildman–Crippen LogP) is 4.06. The molecule has 2 fully saturated rings. The molecular formula is C15H26O. The second kappa shape index (κ2) is 4.89. The number of carbonyl (C=O) groups excluding carboxylic acids is 1. The van der Waals surface area contributed by atoms with E-state index in [1.54, 1.807) is 0 Å². The Bertz CT molecular complexity index is 248. The van der Waals surface area contributed by atoms with E-state index in [-0.39, 0.29) is 0 Å². The van der Waals surface area contributed by atoms with E-state index in [4.69, 9.17) is 0 Å². The van der Waals surface area contributed by atoms with Crippen LogP contribution in [0.2, 0.25) is 0 Å². The van der Waals surface area contributed by atoms with Crippen LogP contribution in [0, 0.1) is 29.6 Å².